The number of halogens is 1. The van der Waals surface area contributed by atoms with Crippen LogP contribution in [0.4, 0.5) is 11.4 Å². The van der Waals surface area contributed by atoms with E-state index >= 15 is 0 Å². The standard InChI is InChI=1S/C29H27BrN4O2S/c1-19-5-10-22(23(30)18-19)25-11-12-26(36-25)28-27(24-4-2-3-13-31-24)32-29(37)34(28)21-8-6-20(7-9-21)33-14-16-35-17-15-33/h2-13,18,27-28H,14-17H2,1H3,(H,32,37)/t27-,28-/m0/s1. The molecule has 6 rings (SSSR count). The molecule has 0 aliphatic carbocycles. The number of thiocarbonyl (C=S) groups is 1. The Bertz CT molecular complexity index is 1400. The van der Waals surface area contributed by atoms with Crippen molar-refractivity contribution in [3.05, 3.63) is 100 Å². The molecule has 0 radical (unpaired) electrons. The van der Waals surface area contributed by atoms with Crippen molar-refractivity contribution < 1.29 is 9.15 Å². The minimum absolute atomic E-state index is 0.159. The van der Waals surface area contributed by atoms with E-state index in [1.807, 2.05) is 36.5 Å². The zero-order valence-corrected chi connectivity index (χ0v) is 22.8. The Morgan fingerprint density at radius 1 is 0.973 bits per heavy atom. The number of hydrogen-bond donors (Lipinski definition) is 1. The first-order valence-electron chi connectivity index (χ1n) is 12.4. The van der Waals surface area contributed by atoms with Crippen LogP contribution in [0.3, 0.4) is 0 Å². The number of rotatable bonds is 5. The summed E-state index contributed by atoms with van der Waals surface area (Å²) in [4.78, 5) is 9.14. The van der Waals surface area contributed by atoms with E-state index in [2.05, 4.69) is 85.4 Å². The zero-order chi connectivity index (χ0) is 25.4. The third-order valence-electron chi connectivity index (χ3n) is 6.91. The summed E-state index contributed by atoms with van der Waals surface area (Å²) >= 11 is 9.58. The Hall–Kier alpha value is -3.20. The lowest BCUT2D eigenvalue weighted by molar-refractivity contribution is 0.122. The second-order valence-electron chi connectivity index (χ2n) is 9.30. The van der Waals surface area contributed by atoms with Crippen molar-refractivity contribution in [1.29, 1.82) is 0 Å². The van der Waals surface area contributed by atoms with E-state index < -0.39 is 0 Å². The summed E-state index contributed by atoms with van der Waals surface area (Å²) in [6.45, 7) is 5.39. The fourth-order valence-electron chi connectivity index (χ4n) is 5.04. The lowest BCUT2D eigenvalue weighted by atomic mass is 10.0. The first-order chi connectivity index (χ1) is 18.1. The first kappa shape index (κ1) is 24.2. The largest absolute Gasteiger partial charge is 0.459 e. The van der Waals surface area contributed by atoms with Crippen molar-refractivity contribution in [3.63, 3.8) is 0 Å². The molecular weight excluding hydrogens is 548 g/mol. The number of hydrogen-bond acceptors (Lipinski definition) is 5. The van der Waals surface area contributed by atoms with Crippen molar-refractivity contribution in [2.24, 2.45) is 0 Å². The molecule has 0 saturated carbocycles. The van der Waals surface area contributed by atoms with Crippen LogP contribution in [0, 0.1) is 6.92 Å². The van der Waals surface area contributed by atoms with Gasteiger partial charge in [-0.2, -0.15) is 0 Å². The van der Waals surface area contributed by atoms with E-state index in [1.165, 1.54) is 11.3 Å². The van der Waals surface area contributed by atoms with Gasteiger partial charge in [-0.1, -0.05) is 28.1 Å². The summed E-state index contributed by atoms with van der Waals surface area (Å²) in [5.41, 5.74) is 5.31. The number of anilines is 2. The van der Waals surface area contributed by atoms with E-state index in [-0.39, 0.29) is 12.1 Å². The van der Waals surface area contributed by atoms with Gasteiger partial charge in [-0.05, 0) is 85.4 Å². The van der Waals surface area contributed by atoms with Gasteiger partial charge in [0.05, 0.1) is 24.9 Å². The van der Waals surface area contributed by atoms with Crippen LogP contribution in [0.1, 0.15) is 29.1 Å². The molecule has 1 N–H and O–H groups in total. The summed E-state index contributed by atoms with van der Waals surface area (Å²) in [7, 11) is 0. The van der Waals surface area contributed by atoms with Gasteiger partial charge in [0.25, 0.3) is 0 Å². The molecule has 0 bridgehead atoms. The maximum atomic E-state index is 6.52. The highest BCUT2D eigenvalue weighted by Crippen LogP contribution is 2.43. The number of aryl methyl sites for hydroxylation is 1. The van der Waals surface area contributed by atoms with Crippen LogP contribution < -0.4 is 15.1 Å². The minimum Gasteiger partial charge on any atom is -0.459 e. The maximum absolute atomic E-state index is 6.52. The molecule has 2 aromatic heterocycles. The van der Waals surface area contributed by atoms with E-state index in [0.29, 0.717) is 5.11 Å². The average Bonchev–Trinajstić information content (AvgIpc) is 3.54. The van der Waals surface area contributed by atoms with Gasteiger partial charge in [-0.15, -0.1) is 0 Å². The molecule has 2 aliphatic heterocycles. The number of nitrogens with zero attached hydrogens (tertiary/aromatic N) is 3. The smallest absolute Gasteiger partial charge is 0.174 e. The number of nitrogens with one attached hydrogen (secondary N) is 1. The molecule has 2 fully saturated rings. The number of aromatic nitrogens is 1. The van der Waals surface area contributed by atoms with Gasteiger partial charge in [-0.3, -0.25) is 4.98 Å². The van der Waals surface area contributed by atoms with Crippen LogP contribution in [-0.4, -0.2) is 36.4 Å². The highest BCUT2D eigenvalue weighted by atomic mass is 79.9. The van der Waals surface area contributed by atoms with Crippen molar-refractivity contribution in [3.8, 4) is 11.3 Å². The Kier molecular flexibility index (Phi) is 6.71. The van der Waals surface area contributed by atoms with Crippen LogP contribution >= 0.6 is 28.1 Å². The monoisotopic (exact) mass is 574 g/mol. The summed E-state index contributed by atoms with van der Waals surface area (Å²) in [5, 5.41) is 4.16. The Balaban J connectivity index is 1.38. The minimum atomic E-state index is -0.199. The molecule has 6 nitrogen and oxygen atoms in total. The number of ether oxygens (including phenoxy) is 1. The number of benzene rings is 2. The summed E-state index contributed by atoms with van der Waals surface area (Å²) < 4.78 is 13.0. The van der Waals surface area contributed by atoms with Crippen LogP contribution in [0.5, 0.6) is 0 Å². The van der Waals surface area contributed by atoms with E-state index in [0.717, 1.165) is 59.2 Å². The molecular formula is C29H27BrN4O2S. The fraction of sp³-hybridized carbons (Fsp3) is 0.241. The van der Waals surface area contributed by atoms with Crippen LogP contribution in [0.15, 0.2) is 87.9 Å². The molecule has 0 unspecified atom stereocenters. The molecule has 188 valence electrons. The molecule has 2 saturated heterocycles. The van der Waals surface area contributed by atoms with Crippen molar-refractivity contribution in [2.45, 2.75) is 19.0 Å². The normalized spacial score (nSPS) is 19.8. The lowest BCUT2D eigenvalue weighted by Crippen LogP contribution is -2.36. The van der Waals surface area contributed by atoms with E-state index in [9.17, 15) is 0 Å². The molecule has 0 amide bonds. The summed E-state index contributed by atoms with van der Waals surface area (Å²) in [6, 6.07) is 24.5. The summed E-state index contributed by atoms with van der Waals surface area (Å²) in [6.07, 6.45) is 1.81. The molecule has 37 heavy (non-hydrogen) atoms. The van der Waals surface area contributed by atoms with Crippen molar-refractivity contribution >= 4 is 44.6 Å². The van der Waals surface area contributed by atoms with Crippen LogP contribution in [0.25, 0.3) is 11.3 Å². The van der Waals surface area contributed by atoms with E-state index in [1.54, 1.807) is 0 Å². The highest BCUT2D eigenvalue weighted by Gasteiger charge is 2.42. The zero-order valence-electron chi connectivity index (χ0n) is 20.4. The molecule has 8 heteroatoms. The Morgan fingerprint density at radius 2 is 1.76 bits per heavy atom. The molecule has 4 heterocycles. The number of furan rings is 1. The topological polar surface area (TPSA) is 53.8 Å². The Labute approximate surface area is 230 Å². The molecule has 2 aromatic carbocycles. The predicted molar refractivity (Wildman–Crippen MR) is 154 cm³/mol. The summed E-state index contributed by atoms with van der Waals surface area (Å²) in [5.74, 6) is 1.63. The third-order valence-corrected chi connectivity index (χ3v) is 7.88. The first-order valence-corrected chi connectivity index (χ1v) is 13.6. The van der Waals surface area contributed by atoms with Gasteiger partial charge in [0.15, 0.2) is 5.11 Å². The highest BCUT2D eigenvalue weighted by molar-refractivity contribution is 9.10. The Morgan fingerprint density at radius 3 is 2.49 bits per heavy atom. The molecule has 4 aromatic rings. The molecule has 2 aliphatic rings. The second kappa shape index (κ2) is 10.3. The van der Waals surface area contributed by atoms with Crippen molar-refractivity contribution in [2.75, 3.05) is 36.1 Å². The van der Waals surface area contributed by atoms with Gasteiger partial charge in [-0.25, -0.2) is 0 Å². The van der Waals surface area contributed by atoms with Gasteiger partial charge < -0.3 is 24.3 Å². The number of morpholine rings is 1. The van der Waals surface area contributed by atoms with Gasteiger partial charge >= 0.3 is 0 Å². The van der Waals surface area contributed by atoms with Gasteiger partial charge in [0.2, 0.25) is 0 Å². The second-order valence-corrected chi connectivity index (χ2v) is 10.5. The van der Waals surface area contributed by atoms with Gasteiger partial charge in [0.1, 0.15) is 17.6 Å². The van der Waals surface area contributed by atoms with Crippen LogP contribution in [-0.2, 0) is 4.74 Å². The van der Waals surface area contributed by atoms with Crippen molar-refractivity contribution in [1.82, 2.24) is 10.3 Å². The van der Waals surface area contributed by atoms with Gasteiger partial charge in [0, 0.05) is 40.7 Å². The molecule has 0 spiro atoms. The quantitative estimate of drug-likeness (QED) is 0.276. The SMILES string of the molecule is Cc1ccc(-c2ccc([C@H]3[C@H](c4ccccn4)NC(=S)N3c3ccc(N4CCOCC4)cc3)o2)c(Br)c1. The maximum Gasteiger partial charge on any atom is 0.174 e. The van der Waals surface area contributed by atoms with Crippen LogP contribution in [0.2, 0.25) is 0 Å². The average molecular weight is 576 g/mol. The molecule has 2 atom stereocenters. The van der Waals surface area contributed by atoms with E-state index in [4.69, 9.17) is 21.4 Å². The lowest BCUT2D eigenvalue weighted by Gasteiger charge is -2.30. The third kappa shape index (κ3) is 4.77. The number of pyridine rings is 1. The fourth-order valence-corrected chi connectivity index (χ4v) is 6.08. The predicted octanol–water partition coefficient (Wildman–Crippen LogP) is 6.43.